The number of para-hydroxylation sites is 1. The van der Waals surface area contributed by atoms with Crippen LogP contribution < -0.4 is 15.5 Å². The monoisotopic (exact) mass is 502 g/mol. The van der Waals surface area contributed by atoms with Crippen LogP contribution in [0.5, 0.6) is 0 Å². The van der Waals surface area contributed by atoms with E-state index in [2.05, 4.69) is 46.6 Å². The number of rotatable bonds is 8. The molecule has 0 spiro atoms. The van der Waals surface area contributed by atoms with Gasteiger partial charge in [-0.15, -0.1) is 35.3 Å². The number of benzene rings is 1. The summed E-state index contributed by atoms with van der Waals surface area (Å²) in [4.78, 5) is 7.74. The zero-order chi connectivity index (χ0) is 19.0. The van der Waals surface area contributed by atoms with Crippen LogP contribution in [0.3, 0.4) is 0 Å². The minimum Gasteiger partial charge on any atom is -0.383 e. The summed E-state index contributed by atoms with van der Waals surface area (Å²) < 4.78 is 0. The maximum absolute atomic E-state index is 10.6. The summed E-state index contributed by atoms with van der Waals surface area (Å²) in [5.41, 5.74) is 0.229. The molecule has 0 saturated heterocycles. The predicted molar refractivity (Wildman–Crippen MR) is 128 cm³/mol. The third-order valence-electron chi connectivity index (χ3n) is 4.33. The Labute approximate surface area is 183 Å². The number of nitrogens with one attached hydrogen (secondary N) is 2. The van der Waals surface area contributed by atoms with Crippen molar-refractivity contribution in [1.29, 1.82) is 0 Å². The SMILES string of the molecule is CCNC(=NCC(C)(O)c1cccs1)NCC(C)N(C)c1ccccc1.I. The molecule has 0 amide bonds. The van der Waals surface area contributed by atoms with Gasteiger partial charge >= 0.3 is 0 Å². The molecule has 0 bridgehead atoms. The second-order valence-corrected chi connectivity index (χ2v) is 7.57. The molecule has 0 saturated carbocycles. The largest absolute Gasteiger partial charge is 0.383 e. The quantitative estimate of drug-likeness (QED) is 0.293. The summed E-state index contributed by atoms with van der Waals surface area (Å²) in [6, 6.07) is 14.5. The number of aliphatic hydroxyl groups is 1. The molecule has 27 heavy (non-hydrogen) atoms. The fourth-order valence-corrected chi connectivity index (χ4v) is 3.32. The summed E-state index contributed by atoms with van der Waals surface area (Å²) in [6.07, 6.45) is 0. The molecule has 1 heterocycles. The normalized spacial score (nSPS) is 14.6. The van der Waals surface area contributed by atoms with E-state index >= 15 is 0 Å². The fourth-order valence-electron chi connectivity index (χ4n) is 2.54. The van der Waals surface area contributed by atoms with E-state index in [1.165, 1.54) is 5.69 Å². The molecule has 2 atom stereocenters. The number of hydrogen-bond acceptors (Lipinski definition) is 4. The second kappa shape index (κ2) is 11.5. The summed E-state index contributed by atoms with van der Waals surface area (Å²) in [5.74, 6) is 0.720. The minimum absolute atomic E-state index is 0. The molecule has 0 aliphatic heterocycles. The summed E-state index contributed by atoms with van der Waals surface area (Å²) in [7, 11) is 2.09. The Morgan fingerprint density at radius 1 is 1.22 bits per heavy atom. The average molecular weight is 502 g/mol. The molecule has 3 N–H and O–H groups in total. The molecule has 2 aromatic rings. The zero-order valence-corrected chi connectivity index (χ0v) is 19.6. The molecule has 1 aromatic heterocycles. The van der Waals surface area contributed by atoms with Gasteiger partial charge in [0.1, 0.15) is 5.60 Å². The first-order valence-corrected chi connectivity index (χ1v) is 9.88. The van der Waals surface area contributed by atoms with Gasteiger partial charge in [0.25, 0.3) is 0 Å². The third kappa shape index (κ3) is 7.31. The maximum Gasteiger partial charge on any atom is 0.191 e. The van der Waals surface area contributed by atoms with E-state index in [1.54, 1.807) is 18.3 Å². The van der Waals surface area contributed by atoms with Crippen molar-refractivity contribution in [2.75, 3.05) is 31.6 Å². The van der Waals surface area contributed by atoms with E-state index in [0.717, 1.165) is 23.9 Å². The molecule has 2 rings (SSSR count). The lowest BCUT2D eigenvalue weighted by molar-refractivity contribution is 0.0711. The van der Waals surface area contributed by atoms with Crippen molar-refractivity contribution in [3.8, 4) is 0 Å². The number of nitrogens with zero attached hydrogens (tertiary/aromatic N) is 2. The first kappa shape index (κ1) is 23.7. The van der Waals surface area contributed by atoms with Crippen LogP contribution >= 0.6 is 35.3 Å². The number of anilines is 1. The van der Waals surface area contributed by atoms with Gasteiger partial charge in [0.15, 0.2) is 5.96 Å². The van der Waals surface area contributed by atoms with Crippen LogP contribution in [0.25, 0.3) is 0 Å². The molecule has 7 heteroatoms. The number of hydrogen-bond donors (Lipinski definition) is 3. The second-order valence-electron chi connectivity index (χ2n) is 6.62. The van der Waals surface area contributed by atoms with Crippen LogP contribution in [-0.4, -0.2) is 43.8 Å². The minimum atomic E-state index is -0.955. The van der Waals surface area contributed by atoms with Crippen LogP contribution in [0.1, 0.15) is 25.6 Å². The highest BCUT2D eigenvalue weighted by molar-refractivity contribution is 14.0. The van der Waals surface area contributed by atoms with Crippen LogP contribution in [0.4, 0.5) is 5.69 Å². The molecule has 0 radical (unpaired) electrons. The Morgan fingerprint density at radius 2 is 1.93 bits per heavy atom. The lowest BCUT2D eigenvalue weighted by atomic mass is 10.1. The molecular formula is C20H31IN4OS. The molecule has 150 valence electrons. The van der Waals surface area contributed by atoms with Crippen LogP contribution in [0.2, 0.25) is 0 Å². The average Bonchev–Trinajstić information content (AvgIpc) is 3.19. The van der Waals surface area contributed by atoms with E-state index in [-0.39, 0.29) is 24.0 Å². The van der Waals surface area contributed by atoms with Gasteiger partial charge in [-0.2, -0.15) is 0 Å². The van der Waals surface area contributed by atoms with Crippen molar-refractivity contribution in [3.63, 3.8) is 0 Å². The van der Waals surface area contributed by atoms with E-state index < -0.39 is 5.60 Å². The van der Waals surface area contributed by atoms with Gasteiger partial charge in [0.05, 0.1) is 6.54 Å². The van der Waals surface area contributed by atoms with Crippen LogP contribution in [0, 0.1) is 0 Å². The third-order valence-corrected chi connectivity index (χ3v) is 5.45. The summed E-state index contributed by atoms with van der Waals surface area (Å²) >= 11 is 1.55. The van der Waals surface area contributed by atoms with E-state index in [4.69, 9.17) is 0 Å². The fraction of sp³-hybridized carbons (Fsp3) is 0.450. The summed E-state index contributed by atoms with van der Waals surface area (Å²) in [5, 5.41) is 19.2. The lowest BCUT2D eigenvalue weighted by Gasteiger charge is -2.28. The maximum atomic E-state index is 10.6. The standard InChI is InChI=1S/C20H30N4OS.HI/c1-5-21-19(23-15-20(3,25)18-12-9-13-26-18)22-14-16(2)24(4)17-10-7-6-8-11-17;/h6-13,16,25H,5,14-15H2,1-4H3,(H2,21,22,23);1H. The van der Waals surface area contributed by atoms with Gasteiger partial charge in [-0.3, -0.25) is 0 Å². The molecule has 0 aliphatic rings. The molecule has 0 fully saturated rings. The van der Waals surface area contributed by atoms with Gasteiger partial charge in [0, 0.05) is 36.7 Å². The van der Waals surface area contributed by atoms with Crippen molar-refractivity contribution in [2.45, 2.75) is 32.4 Å². The van der Waals surface area contributed by atoms with E-state index in [1.807, 2.05) is 42.6 Å². The predicted octanol–water partition coefficient (Wildman–Crippen LogP) is 3.65. The van der Waals surface area contributed by atoms with Crippen molar-refractivity contribution in [2.24, 2.45) is 4.99 Å². The smallest absolute Gasteiger partial charge is 0.191 e. The number of aliphatic imine (C=N–C) groups is 1. The highest BCUT2D eigenvalue weighted by atomic mass is 127. The first-order valence-electron chi connectivity index (χ1n) is 9.00. The van der Waals surface area contributed by atoms with Crippen molar-refractivity contribution >= 4 is 47.0 Å². The highest BCUT2D eigenvalue weighted by Crippen LogP contribution is 2.25. The van der Waals surface area contributed by atoms with Crippen molar-refractivity contribution in [1.82, 2.24) is 10.6 Å². The Bertz CT molecular complexity index is 677. The Hall–Kier alpha value is -1.32. The van der Waals surface area contributed by atoms with Gasteiger partial charge in [-0.05, 0) is 44.4 Å². The zero-order valence-electron chi connectivity index (χ0n) is 16.5. The number of halogens is 1. The molecule has 2 unspecified atom stereocenters. The molecule has 1 aromatic carbocycles. The molecule has 0 aliphatic carbocycles. The van der Waals surface area contributed by atoms with E-state index in [0.29, 0.717) is 12.6 Å². The Morgan fingerprint density at radius 3 is 2.52 bits per heavy atom. The number of likely N-dealkylation sites (N-methyl/N-ethyl adjacent to an activating group) is 1. The van der Waals surface area contributed by atoms with Gasteiger partial charge < -0.3 is 20.6 Å². The topological polar surface area (TPSA) is 59.9 Å². The van der Waals surface area contributed by atoms with Crippen LogP contribution in [-0.2, 0) is 5.60 Å². The summed E-state index contributed by atoms with van der Waals surface area (Å²) in [6.45, 7) is 7.84. The van der Waals surface area contributed by atoms with Gasteiger partial charge in [0.2, 0.25) is 0 Å². The molecule has 5 nitrogen and oxygen atoms in total. The van der Waals surface area contributed by atoms with Gasteiger partial charge in [-0.1, -0.05) is 24.3 Å². The molecular weight excluding hydrogens is 471 g/mol. The Kier molecular flexibility index (Phi) is 10.1. The van der Waals surface area contributed by atoms with Crippen molar-refractivity contribution < 1.29 is 5.11 Å². The van der Waals surface area contributed by atoms with Crippen molar-refractivity contribution in [3.05, 3.63) is 52.7 Å². The van der Waals surface area contributed by atoms with Crippen LogP contribution in [0.15, 0.2) is 52.8 Å². The Balaban J connectivity index is 0.00000364. The number of guanidine groups is 1. The lowest BCUT2D eigenvalue weighted by Crippen LogP contribution is -2.45. The highest BCUT2D eigenvalue weighted by Gasteiger charge is 2.24. The van der Waals surface area contributed by atoms with E-state index in [9.17, 15) is 5.11 Å². The number of thiophene rings is 1. The first-order chi connectivity index (χ1) is 12.4. The van der Waals surface area contributed by atoms with Gasteiger partial charge in [-0.25, -0.2) is 4.99 Å².